The lowest BCUT2D eigenvalue weighted by atomic mass is 9.96. The van der Waals surface area contributed by atoms with E-state index in [1.54, 1.807) is 0 Å². The molecule has 3 nitrogen and oxygen atoms in total. The average molecular weight is 280 g/mol. The summed E-state index contributed by atoms with van der Waals surface area (Å²) in [5.74, 6) is -0.105. The molecule has 0 aromatic heterocycles. The molecular weight excluding hydrogens is 260 g/mol. The molecule has 0 radical (unpaired) electrons. The summed E-state index contributed by atoms with van der Waals surface area (Å²) in [7, 11) is 0. The van der Waals surface area contributed by atoms with Crippen LogP contribution >= 0.6 is 0 Å². The molecule has 1 amide bonds. The summed E-state index contributed by atoms with van der Waals surface area (Å²) in [6.07, 6.45) is 0. The van der Waals surface area contributed by atoms with Crippen LogP contribution in [-0.4, -0.2) is 11.6 Å². The zero-order valence-electron chi connectivity index (χ0n) is 12.6. The molecule has 0 bridgehead atoms. The SMILES string of the molecule is CC(C)(C)C(=O)NN=C(c1ccccc1)c1ccccc1. The number of nitrogens with one attached hydrogen (secondary N) is 1. The highest BCUT2D eigenvalue weighted by Gasteiger charge is 2.21. The molecule has 0 heterocycles. The first kappa shape index (κ1) is 15.0. The number of rotatable bonds is 3. The van der Waals surface area contributed by atoms with E-state index >= 15 is 0 Å². The fourth-order valence-electron chi connectivity index (χ4n) is 1.76. The summed E-state index contributed by atoms with van der Waals surface area (Å²) >= 11 is 0. The van der Waals surface area contributed by atoms with E-state index in [-0.39, 0.29) is 5.91 Å². The maximum absolute atomic E-state index is 12.0. The summed E-state index contributed by atoms with van der Waals surface area (Å²) in [5, 5.41) is 4.35. The van der Waals surface area contributed by atoms with Gasteiger partial charge in [0.05, 0.1) is 5.71 Å². The van der Waals surface area contributed by atoms with Crippen molar-refractivity contribution in [3.8, 4) is 0 Å². The van der Waals surface area contributed by atoms with Crippen molar-refractivity contribution in [1.29, 1.82) is 0 Å². The Labute approximate surface area is 125 Å². The van der Waals surface area contributed by atoms with E-state index in [1.165, 1.54) is 0 Å². The Balaban J connectivity index is 2.36. The van der Waals surface area contributed by atoms with Crippen molar-refractivity contribution < 1.29 is 4.79 Å². The van der Waals surface area contributed by atoms with E-state index in [1.807, 2.05) is 81.4 Å². The van der Waals surface area contributed by atoms with Gasteiger partial charge in [-0.1, -0.05) is 81.4 Å². The van der Waals surface area contributed by atoms with E-state index in [2.05, 4.69) is 10.5 Å². The summed E-state index contributed by atoms with van der Waals surface area (Å²) < 4.78 is 0. The first-order valence-electron chi connectivity index (χ1n) is 6.97. The molecule has 108 valence electrons. The smallest absolute Gasteiger partial charge is 0.245 e. The van der Waals surface area contributed by atoms with Crippen LogP contribution in [0.4, 0.5) is 0 Å². The molecule has 0 unspecified atom stereocenters. The van der Waals surface area contributed by atoms with Crippen LogP contribution in [0.15, 0.2) is 65.8 Å². The van der Waals surface area contributed by atoms with Crippen LogP contribution < -0.4 is 5.43 Å². The molecule has 0 atom stereocenters. The Morgan fingerprint density at radius 3 is 1.67 bits per heavy atom. The first-order valence-corrected chi connectivity index (χ1v) is 6.97. The van der Waals surface area contributed by atoms with Gasteiger partial charge in [0.25, 0.3) is 0 Å². The van der Waals surface area contributed by atoms with Crippen molar-refractivity contribution in [2.75, 3.05) is 0 Å². The number of hydrogen-bond donors (Lipinski definition) is 1. The van der Waals surface area contributed by atoms with Gasteiger partial charge < -0.3 is 0 Å². The van der Waals surface area contributed by atoms with Gasteiger partial charge in [0.15, 0.2) is 0 Å². The first-order chi connectivity index (χ1) is 9.98. The molecule has 1 N–H and O–H groups in total. The molecule has 0 saturated carbocycles. The van der Waals surface area contributed by atoms with Gasteiger partial charge in [-0.2, -0.15) is 5.10 Å². The minimum Gasteiger partial charge on any atom is -0.273 e. The fraction of sp³-hybridized carbons (Fsp3) is 0.222. The Bertz CT molecular complexity index is 584. The van der Waals surface area contributed by atoms with Crippen LogP contribution in [0.1, 0.15) is 31.9 Å². The van der Waals surface area contributed by atoms with Crippen LogP contribution in [0, 0.1) is 5.41 Å². The second-order valence-corrected chi connectivity index (χ2v) is 5.88. The monoisotopic (exact) mass is 280 g/mol. The van der Waals surface area contributed by atoms with Crippen LogP contribution in [-0.2, 0) is 4.79 Å². The third-order valence-corrected chi connectivity index (χ3v) is 3.04. The van der Waals surface area contributed by atoms with E-state index < -0.39 is 5.41 Å². The minimum absolute atomic E-state index is 0.105. The Morgan fingerprint density at radius 2 is 1.29 bits per heavy atom. The highest BCUT2D eigenvalue weighted by atomic mass is 16.2. The van der Waals surface area contributed by atoms with Crippen molar-refractivity contribution in [2.45, 2.75) is 20.8 Å². The number of carbonyl (C=O) groups is 1. The molecule has 0 saturated heterocycles. The number of carbonyl (C=O) groups excluding carboxylic acids is 1. The summed E-state index contributed by atoms with van der Waals surface area (Å²) in [6.45, 7) is 5.59. The van der Waals surface area contributed by atoms with Gasteiger partial charge in [0, 0.05) is 16.5 Å². The number of hydrogen-bond acceptors (Lipinski definition) is 2. The molecule has 2 rings (SSSR count). The highest BCUT2D eigenvalue weighted by Crippen LogP contribution is 2.14. The summed E-state index contributed by atoms with van der Waals surface area (Å²) in [6, 6.07) is 19.7. The lowest BCUT2D eigenvalue weighted by molar-refractivity contribution is -0.128. The van der Waals surface area contributed by atoms with Gasteiger partial charge in [-0.15, -0.1) is 0 Å². The Morgan fingerprint density at radius 1 is 0.857 bits per heavy atom. The van der Waals surface area contributed by atoms with Gasteiger partial charge in [-0.05, 0) is 0 Å². The molecule has 2 aromatic carbocycles. The van der Waals surface area contributed by atoms with Crippen LogP contribution in [0.25, 0.3) is 0 Å². The predicted molar refractivity (Wildman–Crippen MR) is 86.1 cm³/mol. The topological polar surface area (TPSA) is 41.5 Å². The predicted octanol–water partition coefficient (Wildman–Crippen LogP) is 3.60. The lowest BCUT2D eigenvalue weighted by Crippen LogP contribution is -2.32. The van der Waals surface area contributed by atoms with Crippen molar-refractivity contribution >= 4 is 11.6 Å². The van der Waals surface area contributed by atoms with Gasteiger partial charge in [0.1, 0.15) is 0 Å². The molecule has 0 aliphatic rings. The second-order valence-electron chi connectivity index (χ2n) is 5.88. The summed E-state index contributed by atoms with van der Waals surface area (Å²) in [5.41, 5.74) is 4.90. The van der Waals surface area contributed by atoms with E-state index in [0.29, 0.717) is 0 Å². The summed E-state index contributed by atoms with van der Waals surface area (Å²) in [4.78, 5) is 12.0. The van der Waals surface area contributed by atoms with Crippen LogP contribution in [0.3, 0.4) is 0 Å². The van der Waals surface area contributed by atoms with Crippen molar-refractivity contribution in [1.82, 2.24) is 5.43 Å². The molecule has 0 spiro atoms. The van der Waals surface area contributed by atoms with Crippen LogP contribution in [0.2, 0.25) is 0 Å². The molecule has 2 aromatic rings. The van der Waals surface area contributed by atoms with Crippen LogP contribution in [0.5, 0.6) is 0 Å². The molecule has 0 aliphatic carbocycles. The maximum Gasteiger partial charge on any atom is 0.245 e. The zero-order valence-corrected chi connectivity index (χ0v) is 12.6. The van der Waals surface area contributed by atoms with Crippen molar-refractivity contribution in [2.24, 2.45) is 10.5 Å². The van der Waals surface area contributed by atoms with Gasteiger partial charge in [-0.25, -0.2) is 5.43 Å². The van der Waals surface area contributed by atoms with Crippen molar-refractivity contribution in [3.63, 3.8) is 0 Å². The average Bonchev–Trinajstić information content (AvgIpc) is 2.48. The maximum atomic E-state index is 12.0. The molecule has 0 fully saturated rings. The molecule has 0 aliphatic heterocycles. The minimum atomic E-state index is -0.470. The number of hydrazone groups is 1. The van der Waals surface area contributed by atoms with E-state index in [4.69, 9.17) is 0 Å². The molecule has 3 heteroatoms. The molecule has 21 heavy (non-hydrogen) atoms. The Kier molecular flexibility index (Phi) is 4.53. The van der Waals surface area contributed by atoms with Gasteiger partial charge in [-0.3, -0.25) is 4.79 Å². The zero-order chi connectivity index (χ0) is 15.3. The number of amides is 1. The quantitative estimate of drug-likeness (QED) is 0.677. The van der Waals surface area contributed by atoms with Gasteiger partial charge >= 0.3 is 0 Å². The fourth-order valence-corrected chi connectivity index (χ4v) is 1.76. The van der Waals surface area contributed by atoms with E-state index in [9.17, 15) is 4.79 Å². The highest BCUT2D eigenvalue weighted by molar-refractivity contribution is 6.13. The lowest BCUT2D eigenvalue weighted by Gasteiger charge is -2.16. The normalized spacial score (nSPS) is 10.8. The standard InChI is InChI=1S/C18H20N2O/c1-18(2,3)17(21)20-19-16(14-10-6-4-7-11-14)15-12-8-5-9-13-15/h4-13H,1-3H3,(H,20,21). The third-order valence-electron chi connectivity index (χ3n) is 3.04. The largest absolute Gasteiger partial charge is 0.273 e. The van der Waals surface area contributed by atoms with Crippen molar-refractivity contribution in [3.05, 3.63) is 71.8 Å². The third kappa shape index (κ3) is 4.02. The van der Waals surface area contributed by atoms with Gasteiger partial charge in [0.2, 0.25) is 5.91 Å². The van der Waals surface area contributed by atoms with E-state index in [0.717, 1.165) is 16.8 Å². The number of benzene rings is 2. The second kappa shape index (κ2) is 6.35. The molecular formula is C18H20N2O. The Hall–Kier alpha value is -2.42. The number of nitrogens with zero attached hydrogens (tertiary/aromatic N) is 1.